The van der Waals surface area contributed by atoms with Crippen LogP contribution in [0, 0.1) is 5.82 Å². The quantitative estimate of drug-likeness (QED) is 0.140. The minimum Gasteiger partial charge on any atom is -0.444 e. The molecule has 0 saturated heterocycles. The lowest BCUT2D eigenvalue weighted by atomic mass is 9.97. The summed E-state index contributed by atoms with van der Waals surface area (Å²) in [4.78, 5) is 36.2. The second kappa shape index (κ2) is 14.2. The molecule has 0 atom stereocenters. The Labute approximate surface area is 276 Å². The lowest BCUT2D eigenvalue weighted by Gasteiger charge is -2.29. The first-order valence-corrected chi connectivity index (χ1v) is 19.7. The monoisotopic (exact) mass is 657 g/mol. The van der Waals surface area contributed by atoms with Gasteiger partial charge in [-0.1, -0.05) is 56.0 Å². The number of rotatable bonds is 10. The molecule has 0 bridgehead atoms. The number of fused-ring (bicyclic) bond motifs is 1. The highest BCUT2D eigenvalue weighted by atomic mass is 28.3. The number of benzene rings is 2. The van der Waals surface area contributed by atoms with Crippen LogP contribution in [0.25, 0.3) is 27.9 Å². The molecule has 248 valence electrons. The molecule has 2 aromatic carbocycles. The maximum Gasteiger partial charge on any atom is 0.410 e. The van der Waals surface area contributed by atoms with Crippen molar-refractivity contribution in [3.63, 3.8) is 0 Å². The summed E-state index contributed by atoms with van der Waals surface area (Å²) in [5, 5.41) is 3.59. The second-order valence-electron chi connectivity index (χ2n) is 14.0. The Morgan fingerprint density at radius 2 is 1.83 bits per heavy atom. The van der Waals surface area contributed by atoms with Crippen molar-refractivity contribution in [2.24, 2.45) is 0 Å². The molecule has 2 amide bonds. The van der Waals surface area contributed by atoms with Crippen LogP contribution in [0.2, 0.25) is 25.7 Å². The molecule has 0 saturated carbocycles. The molecular weight excluding hydrogens is 614 g/mol. The zero-order valence-electron chi connectivity index (χ0n) is 28.1. The smallest absolute Gasteiger partial charge is 0.410 e. The molecule has 3 heterocycles. The third kappa shape index (κ3) is 8.72. The van der Waals surface area contributed by atoms with E-state index in [2.05, 4.69) is 34.9 Å². The molecule has 0 radical (unpaired) electrons. The molecule has 11 heteroatoms. The van der Waals surface area contributed by atoms with E-state index in [9.17, 15) is 9.59 Å². The molecule has 9 nitrogen and oxygen atoms in total. The van der Waals surface area contributed by atoms with Crippen molar-refractivity contribution in [1.29, 1.82) is 0 Å². The molecule has 1 aliphatic rings. The van der Waals surface area contributed by atoms with Crippen LogP contribution in [-0.4, -0.2) is 64.8 Å². The Balaban J connectivity index is 1.45. The largest absolute Gasteiger partial charge is 0.444 e. The van der Waals surface area contributed by atoms with Crippen LogP contribution in [0.3, 0.4) is 0 Å². The third-order valence-corrected chi connectivity index (χ3v) is 9.59. The average Bonchev–Trinajstić information content (AvgIpc) is 3.40. The van der Waals surface area contributed by atoms with Crippen molar-refractivity contribution in [3.8, 4) is 11.3 Å². The summed E-state index contributed by atoms with van der Waals surface area (Å²) < 4.78 is 29.2. The Morgan fingerprint density at radius 1 is 1.06 bits per heavy atom. The predicted molar refractivity (Wildman–Crippen MR) is 185 cm³/mol. The van der Waals surface area contributed by atoms with E-state index < -0.39 is 19.5 Å². The molecule has 0 spiro atoms. The average molecular weight is 658 g/mol. The predicted octanol–water partition coefficient (Wildman–Crippen LogP) is 7.50. The third-order valence-electron chi connectivity index (χ3n) is 7.89. The van der Waals surface area contributed by atoms with Crippen LogP contribution in [0.15, 0.2) is 67.1 Å². The lowest BCUT2D eigenvalue weighted by Crippen LogP contribution is -2.39. The first-order valence-electron chi connectivity index (χ1n) is 16.0. The number of hydrogen-bond donors (Lipinski definition) is 1. The van der Waals surface area contributed by atoms with Gasteiger partial charge in [0.15, 0.2) is 0 Å². The van der Waals surface area contributed by atoms with Crippen LogP contribution in [0.4, 0.5) is 9.18 Å². The molecule has 1 aliphatic heterocycles. The van der Waals surface area contributed by atoms with E-state index in [1.165, 1.54) is 12.4 Å². The van der Waals surface area contributed by atoms with Crippen molar-refractivity contribution >= 4 is 36.7 Å². The SMILES string of the molecule is CC(C)(C)OC(=O)N1CC=C(c2cn(COCC[Si](C)(C)C)c3ncnc(-c4ccc(CNC(=O)c5ccccc5)c(F)c4)c23)CC1. The Hall–Kier alpha value is -4.35. The van der Waals surface area contributed by atoms with Crippen molar-refractivity contribution in [1.82, 2.24) is 24.8 Å². The number of nitrogens with one attached hydrogen (secondary N) is 1. The zero-order chi connectivity index (χ0) is 33.8. The normalized spacial score (nSPS) is 13.9. The van der Waals surface area contributed by atoms with Gasteiger partial charge in [0.25, 0.3) is 5.91 Å². The van der Waals surface area contributed by atoms with Gasteiger partial charge in [0.05, 0.1) is 11.1 Å². The van der Waals surface area contributed by atoms with Gasteiger partial charge in [-0.3, -0.25) is 4.79 Å². The highest BCUT2D eigenvalue weighted by Gasteiger charge is 2.26. The molecule has 4 aromatic rings. The van der Waals surface area contributed by atoms with Crippen molar-refractivity contribution in [3.05, 3.63) is 89.6 Å². The summed E-state index contributed by atoms with van der Waals surface area (Å²) in [5.74, 6) is -0.709. The fourth-order valence-electron chi connectivity index (χ4n) is 5.34. The van der Waals surface area contributed by atoms with Gasteiger partial charge in [-0.05, 0) is 57.0 Å². The van der Waals surface area contributed by atoms with E-state index in [0.29, 0.717) is 60.9 Å². The summed E-state index contributed by atoms with van der Waals surface area (Å²) in [6.45, 7) is 14.5. The van der Waals surface area contributed by atoms with Gasteiger partial charge in [0.2, 0.25) is 0 Å². The van der Waals surface area contributed by atoms with Crippen molar-refractivity contribution < 1.29 is 23.5 Å². The van der Waals surface area contributed by atoms with Gasteiger partial charge in [-0.15, -0.1) is 0 Å². The standard InChI is InChI=1S/C36H44FN5O4Si/c1-36(2,3)46-35(44)41-16-14-25(15-17-41)29-22-42(24-45-18-19-47(4,5)6)33-31(29)32(39-23-40-33)27-12-13-28(30(37)20-27)21-38-34(43)26-10-8-7-9-11-26/h7-14,20,22-23H,15-19,21,24H2,1-6H3,(H,38,43). The molecule has 1 N–H and O–H groups in total. The minimum atomic E-state index is -1.26. The van der Waals surface area contributed by atoms with E-state index in [1.54, 1.807) is 35.2 Å². The van der Waals surface area contributed by atoms with Gasteiger partial charge in [0, 0.05) is 62.8 Å². The fraction of sp³-hybridized carbons (Fsp3) is 0.389. The number of ether oxygens (including phenoxy) is 2. The summed E-state index contributed by atoms with van der Waals surface area (Å²) >= 11 is 0. The second-order valence-corrected chi connectivity index (χ2v) is 19.7. The van der Waals surface area contributed by atoms with E-state index in [0.717, 1.165) is 22.6 Å². The maximum atomic E-state index is 15.5. The number of carbonyl (C=O) groups is 2. The van der Waals surface area contributed by atoms with Gasteiger partial charge >= 0.3 is 6.09 Å². The maximum absolute atomic E-state index is 15.5. The van der Waals surface area contributed by atoms with Gasteiger partial charge < -0.3 is 24.3 Å². The van der Waals surface area contributed by atoms with Crippen LogP contribution >= 0.6 is 0 Å². The lowest BCUT2D eigenvalue weighted by molar-refractivity contribution is 0.0270. The molecule has 0 unspecified atom stereocenters. The molecule has 5 rings (SSSR count). The topological polar surface area (TPSA) is 98.6 Å². The summed E-state index contributed by atoms with van der Waals surface area (Å²) in [6.07, 6.45) is 5.82. The van der Waals surface area contributed by atoms with Crippen molar-refractivity contribution in [2.45, 2.75) is 71.8 Å². The van der Waals surface area contributed by atoms with Gasteiger partial charge in [-0.25, -0.2) is 19.2 Å². The number of aromatic nitrogens is 3. The Bertz CT molecular complexity index is 1780. The number of amides is 2. The van der Waals surface area contributed by atoms with Crippen LogP contribution in [0.1, 0.15) is 48.7 Å². The highest BCUT2D eigenvalue weighted by Crippen LogP contribution is 2.36. The number of halogens is 1. The summed E-state index contributed by atoms with van der Waals surface area (Å²) in [7, 11) is -1.26. The number of nitrogens with zero attached hydrogens (tertiary/aromatic N) is 4. The zero-order valence-corrected chi connectivity index (χ0v) is 29.1. The van der Waals surface area contributed by atoms with E-state index in [4.69, 9.17) is 9.47 Å². The molecule has 2 aromatic heterocycles. The molecular formula is C36H44FN5O4Si. The van der Waals surface area contributed by atoms with Crippen molar-refractivity contribution in [2.75, 3.05) is 19.7 Å². The first kappa shape index (κ1) is 34.0. The Kier molecular flexibility index (Phi) is 10.3. The Morgan fingerprint density at radius 3 is 2.49 bits per heavy atom. The number of hydrogen-bond acceptors (Lipinski definition) is 6. The highest BCUT2D eigenvalue weighted by molar-refractivity contribution is 6.76. The van der Waals surface area contributed by atoms with Gasteiger partial charge in [-0.2, -0.15) is 0 Å². The van der Waals surface area contributed by atoms with E-state index >= 15 is 4.39 Å². The van der Waals surface area contributed by atoms with Gasteiger partial charge in [0.1, 0.15) is 30.1 Å². The molecule has 0 fully saturated rings. The van der Waals surface area contributed by atoms with Crippen LogP contribution in [0.5, 0.6) is 0 Å². The molecule has 0 aliphatic carbocycles. The van der Waals surface area contributed by atoms with Crippen LogP contribution < -0.4 is 5.32 Å². The molecule has 47 heavy (non-hydrogen) atoms. The first-order chi connectivity index (χ1) is 22.3. The van der Waals surface area contributed by atoms with Crippen LogP contribution in [-0.2, 0) is 22.7 Å². The van der Waals surface area contributed by atoms with E-state index in [1.807, 2.05) is 49.7 Å². The summed E-state index contributed by atoms with van der Waals surface area (Å²) in [5.41, 5.74) is 4.16. The van der Waals surface area contributed by atoms with E-state index in [-0.39, 0.29) is 18.5 Å². The number of carbonyl (C=O) groups excluding carboxylic acids is 2. The minimum absolute atomic E-state index is 0.0520. The summed E-state index contributed by atoms with van der Waals surface area (Å²) in [6, 6.07) is 14.8. The fourth-order valence-corrected chi connectivity index (χ4v) is 6.09.